The molecule has 0 amide bonds. The van der Waals surface area contributed by atoms with Gasteiger partial charge in [0.1, 0.15) is 11.2 Å². The number of hydrogen-bond acceptors (Lipinski definition) is 1. The maximum Gasteiger partial charge on any atom is 0.137 e. The first-order chi connectivity index (χ1) is 13.3. The Morgan fingerprint density at radius 1 is 0.778 bits per heavy atom. The Morgan fingerprint density at radius 3 is 2.48 bits per heavy atom. The average Bonchev–Trinajstić information content (AvgIpc) is 3.23. The van der Waals surface area contributed by atoms with E-state index in [1.54, 1.807) is 0 Å². The minimum absolute atomic E-state index is 0.703. The van der Waals surface area contributed by atoms with Gasteiger partial charge in [-0.3, -0.25) is 0 Å². The maximum absolute atomic E-state index is 6.14. The summed E-state index contributed by atoms with van der Waals surface area (Å²) in [5, 5.41) is 5.13. The second kappa shape index (κ2) is 5.63. The quantitative estimate of drug-likeness (QED) is 0.310. The van der Waals surface area contributed by atoms with Crippen molar-refractivity contribution in [2.45, 2.75) is 38.0 Å². The van der Waals surface area contributed by atoms with Gasteiger partial charge in [0.15, 0.2) is 0 Å². The molecule has 2 nitrogen and oxygen atoms in total. The molecule has 3 aromatic carbocycles. The van der Waals surface area contributed by atoms with Crippen LogP contribution in [0.15, 0.2) is 59.0 Å². The molecule has 0 aliphatic heterocycles. The Kier molecular flexibility index (Phi) is 3.19. The summed E-state index contributed by atoms with van der Waals surface area (Å²) in [6.45, 7) is 0. The Balaban J connectivity index is 1.70. The van der Waals surface area contributed by atoms with Crippen molar-refractivity contribution in [3.05, 3.63) is 60.2 Å². The highest BCUT2D eigenvalue weighted by Crippen LogP contribution is 2.41. The smallest absolute Gasteiger partial charge is 0.137 e. The molecule has 1 saturated carbocycles. The van der Waals surface area contributed by atoms with Crippen molar-refractivity contribution in [1.82, 2.24) is 4.57 Å². The van der Waals surface area contributed by atoms with Crippen molar-refractivity contribution in [3.63, 3.8) is 0 Å². The molecule has 1 aliphatic rings. The summed E-state index contributed by atoms with van der Waals surface area (Å²) in [7, 11) is 2.21. The number of benzene rings is 3. The van der Waals surface area contributed by atoms with Crippen LogP contribution in [0.25, 0.3) is 43.7 Å². The van der Waals surface area contributed by atoms with E-state index >= 15 is 0 Å². The summed E-state index contributed by atoms with van der Waals surface area (Å²) < 4.78 is 8.53. The molecule has 1 fully saturated rings. The summed E-state index contributed by atoms with van der Waals surface area (Å²) in [5.74, 6) is 0.703. The number of hydrogen-bond donors (Lipinski definition) is 0. The van der Waals surface area contributed by atoms with Crippen LogP contribution in [0.3, 0.4) is 0 Å². The summed E-state index contributed by atoms with van der Waals surface area (Å²) in [6.07, 6.45) is 6.78. The van der Waals surface area contributed by atoms with Crippen LogP contribution < -0.4 is 0 Å². The number of furan rings is 1. The van der Waals surface area contributed by atoms with Crippen molar-refractivity contribution < 1.29 is 4.42 Å². The topological polar surface area (TPSA) is 18.1 Å². The highest BCUT2D eigenvalue weighted by Gasteiger charge is 2.21. The number of nitrogens with zero attached hydrogens (tertiary/aromatic N) is 1. The first kappa shape index (κ1) is 15.3. The first-order valence-electron chi connectivity index (χ1n) is 10.1. The number of rotatable bonds is 1. The highest BCUT2D eigenvalue weighted by molar-refractivity contribution is 6.17. The third-order valence-corrected chi connectivity index (χ3v) is 6.59. The molecular weight excluding hydrogens is 330 g/mol. The Hall–Kier alpha value is -2.74. The van der Waals surface area contributed by atoms with E-state index in [1.165, 1.54) is 70.2 Å². The van der Waals surface area contributed by atoms with Gasteiger partial charge in [0.25, 0.3) is 0 Å². The molecular formula is C25H23NO. The predicted molar refractivity (Wildman–Crippen MR) is 114 cm³/mol. The second-order valence-corrected chi connectivity index (χ2v) is 8.10. The summed E-state index contributed by atoms with van der Waals surface area (Å²) in [6, 6.07) is 19.8. The van der Waals surface area contributed by atoms with Gasteiger partial charge >= 0.3 is 0 Å². The fourth-order valence-electron chi connectivity index (χ4n) is 5.27. The minimum atomic E-state index is 0.703. The largest absolute Gasteiger partial charge is 0.456 e. The molecule has 2 aromatic heterocycles. The van der Waals surface area contributed by atoms with E-state index in [0.717, 1.165) is 11.2 Å². The van der Waals surface area contributed by atoms with Gasteiger partial charge in [0.05, 0.1) is 11.0 Å². The second-order valence-electron chi connectivity index (χ2n) is 8.10. The van der Waals surface area contributed by atoms with Gasteiger partial charge in [0.2, 0.25) is 0 Å². The zero-order valence-corrected chi connectivity index (χ0v) is 15.7. The molecule has 0 N–H and O–H groups in total. The number of aryl methyl sites for hydroxylation is 1. The van der Waals surface area contributed by atoms with Crippen LogP contribution in [0.1, 0.15) is 43.6 Å². The molecule has 134 valence electrons. The normalized spacial score (nSPS) is 16.2. The monoisotopic (exact) mass is 353 g/mol. The van der Waals surface area contributed by atoms with Crippen LogP contribution in [0.2, 0.25) is 0 Å². The zero-order chi connectivity index (χ0) is 18.0. The molecule has 0 spiro atoms. The molecule has 2 heterocycles. The van der Waals surface area contributed by atoms with Crippen molar-refractivity contribution in [1.29, 1.82) is 0 Å². The van der Waals surface area contributed by atoms with E-state index in [-0.39, 0.29) is 0 Å². The van der Waals surface area contributed by atoms with Crippen LogP contribution >= 0.6 is 0 Å². The summed E-state index contributed by atoms with van der Waals surface area (Å²) in [4.78, 5) is 0. The molecule has 0 saturated heterocycles. The molecule has 5 aromatic rings. The van der Waals surface area contributed by atoms with Crippen LogP contribution in [-0.4, -0.2) is 4.57 Å². The van der Waals surface area contributed by atoms with Gasteiger partial charge < -0.3 is 8.98 Å². The van der Waals surface area contributed by atoms with E-state index in [0.29, 0.717) is 5.92 Å². The van der Waals surface area contributed by atoms with Gasteiger partial charge in [-0.15, -0.1) is 0 Å². The van der Waals surface area contributed by atoms with E-state index in [1.807, 2.05) is 6.07 Å². The average molecular weight is 353 g/mol. The van der Waals surface area contributed by atoms with Crippen LogP contribution in [-0.2, 0) is 7.05 Å². The molecule has 0 bridgehead atoms. The van der Waals surface area contributed by atoms with Gasteiger partial charge in [-0.1, -0.05) is 55.7 Å². The zero-order valence-electron chi connectivity index (χ0n) is 15.7. The molecule has 0 atom stereocenters. The fourth-order valence-corrected chi connectivity index (χ4v) is 5.27. The SMILES string of the molecule is Cn1c2cc3oc4ccccc4c3cc2c2cccc(C3CCCCC3)c21. The van der Waals surface area contributed by atoms with Crippen molar-refractivity contribution in [3.8, 4) is 0 Å². The standard InChI is InChI=1S/C25H23NO/c1-26-22-15-24-21(18-10-5-6-13-23(18)27-24)14-20(22)19-12-7-11-17(25(19)26)16-8-3-2-4-9-16/h5-7,10-16H,2-4,8-9H2,1H3. The van der Waals surface area contributed by atoms with Crippen LogP contribution in [0.4, 0.5) is 0 Å². The molecule has 1 aliphatic carbocycles. The lowest BCUT2D eigenvalue weighted by Crippen LogP contribution is -2.06. The predicted octanol–water partition coefficient (Wildman–Crippen LogP) is 7.28. The van der Waals surface area contributed by atoms with Crippen molar-refractivity contribution >= 4 is 43.7 Å². The molecule has 27 heavy (non-hydrogen) atoms. The van der Waals surface area contributed by atoms with Gasteiger partial charge in [-0.05, 0) is 36.5 Å². The number of para-hydroxylation sites is 2. The lowest BCUT2D eigenvalue weighted by Gasteiger charge is -2.23. The highest BCUT2D eigenvalue weighted by atomic mass is 16.3. The number of fused-ring (bicyclic) bond motifs is 6. The molecule has 0 radical (unpaired) electrons. The first-order valence-corrected chi connectivity index (χ1v) is 10.1. The van der Waals surface area contributed by atoms with E-state index in [4.69, 9.17) is 4.42 Å². The summed E-state index contributed by atoms with van der Waals surface area (Å²) >= 11 is 0. The Bertz CT molecular complexity index is 1310. The Labute approximate surface area is 158 Å². The Morgan fingerprint density at radius 2 is 1.59 bits per heavy atom. The van der Waals surface area contributed by atoms with Gasteiger partial charge in [-0.25, -0.2) is 0 Å². The van der Waals surface area contributed by atoms with Crippen molar-refractivity contribution in [2.24, 2.45) is 7.05 Å². The van der Waals surface area contributed by atoms with Crippen LogP contribution in [0, 0.1) is 0 Å². The van der Waals surface area contributed by atoms with Gasteiger partial charge in [-0.2, -0.15) is 0 Å². The van der Waals surface area contributed by atoms with E-state index < -0.39 is 0 Å². The lowest BCUT2D eigenvalue weighted by molar-refractivity contribution is 0.445. The molecule has 6 rings (SSSR count). The third-order valence-electron chi connectivity index (χ3n) is 6.59. The summed E-state index contributed by atoms with van der Waals surface area (Å²) in [5.41, 5.74) is 6.16. The van der Waals surface area contributed by atoms with E-state index in [9.17, 15) is 0 Å². The fraction of sp³-hybridized carbons (Fsp3) is 0.280. The lowest BCUT2D eigenvalue weighted by atomic mass is 9.83. The van der Waals surface area contributed by atoms with Crippen LogP contribution in [0.5, 0.6) is 0 Å². The molecule has 2 heteroatoms. The minimum Gasteiger partial charge on any atom is -0.456 e. The maximum atomic E-state index is 6.14. The van der Waals surface area contributed by atoms with Crippen molar-refractivity contribution in [2.75, 3.05) is 0 Å². The third kappa shape index (κ3) is 2.13. The molecule has 0 unspecified atom stereocenters. The van der Waals surface area contributed by atoms with E-state index in [2.05, 4.69) is 60.1 Å². The van der Waals surface area contributed by atoms with Gasteiger partial charge in [0, 0.05) is 34.7 Å². The number of aromatic nitrogens is 1.